The third kappa shape index (κ3) is 3.75. The van der Waals surface area contributed by atoms with Crippen LogP contribution in [0, 0.1) is 5.92 Å². The number of carboxylic acids is 1. The second-order valence-electron chi connectivity index (χ2n) is 4.42. The van der Waals surface area contributed by atoms with Gasteiger partial charge in [-0.05, 0) is 32.1 Å². The molecule has 1 aliphatic carbocycles. The van der Waals surface area contributed by atoms with Crippen molar-refractivity contribution in [3.05, 3.63) is 0 Å². The zero-order valence-corrected chi connectivity index (χ0v) is 10.5. The van der Waals surface area contributed by atoms with Crippen molar-refractivity contribution in [1.82, 2.24) is 4.31 Å². The van der Waals surface area contributed by atoms with Crippen LogP contribution < -0.4 is 0 Å². The van der Waals surface area contributed by atoms with Gasteiger partial charge in [-0.15, -0.1) is 0 Å². The van der Waals surface area contributed by atoms with Gasteiger partial charge in [0.05, 0.1) is 5.75 Å². The van der Waals surface area contributed by atoms with E-state index in [1.165, 1.54) is 0 Å². The zero-order chi connectivity index (χ0) is 12.3. The molecule has 94 valence electrons. The highest BCUT2D eigenvalue weighted by molar-refractivity contribution is 7.89. The van der Waals surface area contributed by atoms with E-state index < -0.39 is 22.5 Å². The van der Waals surface area contributed by atoms with Crippen LogP contribution in [-0.2, 0) is 14.8 Å². The smallest absolute Gasteiger partial charge is 0.318 e. The molecule has 1 unspecified atom stereocenters. The summed E-state index contributed by atoms with van der Waals surface area (Å²) in [5, 5.41) is 8.74. The first kappa shape index (κ1) is 13.4. The maximum Gasteiger partial charge on any atom is 0.318 e. The highest BCUT2D eigenvalue weighted by Gasteiger charge is 2.34. The van der Waals surface area contributed by atoms with E-state index in [4.69, 9.17) is 5.11 Å². The van der Waals surface area contributed by atoms with Crippen LogP contribution in [0.1, 0.15) is 33.1 Å². The first-order valence-corrected chi connectivity index (χ1v) is 7.19. The summed E-state index contributed by atoms with van der Waals surface area (Å²) in [6.07, 6.45) is 2.51. The van der Waals surface area contributed by atoms with Crippen molar-refractivity contribution in [2.45, 2.75) is 39.2 Å². The number of hydrogen-bond acceptors (Lipinski definition) is 3. The second kappa shape index (κ2) is 5.14. The molecule has 0 aromatic carbocycles. The van der Waals surface area contributed by atoms with Gasteiger partial charge in [0.15, 0.2) is 0 Å². The maximum absolute atomic E-state index is 12.0. The SMILES string of the molecule is CCC(C)N(CC(=O)O)S(=O)(=O)CC1CC1. The van der Waals surface area contributed by atoms with Crippen molar-refractivity contribution in [3.8, 4) is 0 Å². The fourth-order valence-corrected chi connectivity index (χ4v) is 3.67. The predicted molar refractivity (Wildman–Crippen MR) is 60.6 cm³/mol. The normalized spacial score (nSPS) is 18.7. The standard InChI is InChI=1S/C10H19NO4S/c1-3-8(2)11(6-10(12)13)16(14,15)7-9-4-5-9/h8-9H,3-7H2,1-2H3,(H,12,13). The van der Waals surface area contributed by atoms with Gasteiger partial charge >= 0.3 is 5.97 Å². The Hall–Kier alpha value is -0.620. The van der Waals surface area contributed by atoms with Crippen LogP contribution in [0.3, 0.4) is 0 Å². The van der Waals surface area contributed by atoms with Gasteiger partial charge < -0.3 is 5.11 Å². The van der Waals surface area contributed by atoms with Crippen molar-refractivity contribution >= 4 is 16.0 Å². The van der Waals surface area contributed by atoms with Crippen LogP contribution in [0.2, 0.25) is 0 Å². The molecular formula is C10H19NO4S. The molecule has 0 spiro atoms. The molecule has 0 radical (unpaired) electrons. The van der Waals surface area contributed by atoms with Gasteiger partial charge in [0.2, 0.25) is 10.0 Å². The third-order valence-corrected chi connectivity index (χ3v) is 4.97. The fourth-order valence-electron chi connectivity index (χ4n) is 1.54. The van der Waals surface area contributed by atoms with Gasteiger partial charge in [0.1, 0.15) is 6.54 Å². The van der Waals surface area contributed by atoms with Crippen molar-refractivity contribution in [2.75, 3.05) is 12.3 Å². The minimum atomic E-state index is -3.41. The van der Waals surface area contributed by atoms with Crippen LogP contribution >= 0.6 is 0 Å². The number of aliphatic carboxylic acids is 1. The van der Waals surface area contributed by atoms with Crippen LogP contribution in [0.15, 0.2) is 0 Å². The Bertz CT molecular complexity index is 348. The molecular weight excluding hydrogens is 230 g/mol. The summed E-state index contributed by atoms with van der Waals surface area (Å²) in [7, 11) is -3.41. The largest absolute Gasteiger partial charge is 0.480 e. The van der Waals surface area contributed by atoms with Crippen molar-refractivity contribution in [1.29, 1.82) is 0 Å². The summed E-state index contributed by atoms with van der Waals surface area (Å²) in [6, 6.07) is -0.250. The van der Waals surface area contributed by atoms with E-state index in [-0.39, 0.29) is 17.7 Å². The Morgan fingerprint density at radius 2 is 2.06 bits per heavy atom. The molecule has 0 bridgehead atoms. The Balaban J connectivity index is 2.76. The number of sulfonamides is 1. The van der Waals surface area contributed by atoms with Crippen molar-refractivity contribution in [2.24, 2.45) is 5.92 Å². The summed E-state index contributed by atoms with van der Waals surface area (Å²) in [5.41, 5.74) is 0. The molecule has 0 aliphatic heterocycles. The van der Waals surface area contributed by atoms with Gasteiger partial charge in [-0.3, -0.25) is 4.79 Å². The molecule has 1 atom stereocenters. The Labute approximate surface area is 96.5 Å². The predicted octanol–water partition coefficient (Wildman–Crippen LogP) is 0.911. The Morgan fingerprint density at radius 1 is 1.50 bits per heavy atom. The number of carboxylic acid groups (broad SMARTS) is 1. The van der Waals surface area contributed by atoms with Crippen LogP contribution in [0.5, 0.6) is 0 Å². The monoisotopic (exact) mass is 249 g/mol. The quantitative estimate of drug-likeness (QED) is 0.727. The van der Waals surface area contributed by atoms with E-state index in [0.29, 0.717) is 6.42 Å². The molecule has 0 heterocycles. The van der Waals surface area contributed by atoms with E-state index in [0.717, 1.165) is 17.1 Å². The first-order valence-electron chi connectivity index (χ1n) is 5.58. The Kier molecular flexibility index (Phi) is 4.32. The van der Waals surface area contributed by atoms with E-state index in [1.807, 2.05) is 6.92 Å². The average Bonchev–Trinajstić information content (AvgIpc) is 2.95. The van der Waals surface area contributed by atoms with Crippen LogP contribution in [0.25, 0.3) is 0 Å². The minimum absolute atomic E-state index is 0.102. The summed E-state index contributed by atoms with van der Waals surface area (Å²) < 4.78 is 25.1. The van der Waals surface area contributed by atoms with E-state index in [9.17, 15) is 13.2 Å². The lowest BCUT2D eigenvalue weighted by Crippen LogP contribution is -2.43. The number of nitrogens with zero attached hydrogens (tertiary/aromatic N) is 1. The molecule has 1 N–H and O–H groups in total. The van der Waals surface area contributed by atoms with E-state index >= 15 is 0 Å². The molecule has 0 aromatic rings. The lowest BCUT2D eigenvalue weighted by molar-refractivity contribution is -0.137. The van der Waals surface area contributed by atoms with E-state index in [2.05, 4.69) is 0 Å². The maximum atomic E-state index is 12.0. The van der Waals surface area contributed by atoms with Crippen LogP contribution in [0.4, 0.5) is 0 Å². The van der Waals surface area contributed by atoms with Gasteiger partial charge in [-0.1, -0.05) is 6.92 Å². The van der Waals surface area contributed by atoms with E-state index in [1.54, 1.807) is 6.92 Å². The van der Waals surface area contributed by atoms with Crippen LogP contribution in [-0.4, -0.2) is 42.1 Å². The van der Waals surface area contributed by atoms with Gasteiger partial charge in [0, 0.05) is 6.04 Å². The van der Waals surface area contributed by atoms with Crippen molar-refractivity contribution < 1.29 is 18.3 Å². The fraction of sp³-hybridized carbons (Fsp3) is 0.900. The molecule has 1 fully saturated rings. The van der Waals surface area contributed by atoms with Crippen molar-refractivity contribution in [3.63, 3.8) is 0 Å². The molecule has 0 saturated heterocycles. The lowest BCUT2D eigenvalue weighted by atomic mass is 10.2. The molecule has 1 saturated carbocycles. The molecule has 0 aromatic heterocycles. The van der Waals surface area contributed by atoms with Gasteiger partial charge in [-0.25, -0.2) is 8.42 Å². The molecule has 1 rings (SSSR count). The highest BCUT2D eigenvalue weighted by Crippen LogP contribution is 2.31. The zero-order valence-electron chi connectivity index (χ0n) is 9.72. The number of carbonyl (C=O) groups is 1. The summed E-state index contributed by atoms with van der Waals surface area (Å²) in [5.74, 6) is -0.755. The molecule has 6 heteroatoms. The third-order valence-electron chi connectivity index (χ3n) is 2.87. The molecule has 1 aliphatic rings. The summed E-state index contributed by atoms with van der Waals surface area (Å²) in [6.45, 7) is 3.17. The highest BCUT2D eigenvalue weighted by atomic mass is 32.2. The minimum Gasteiger partial charge on any atom is -0.480 e. The number of rotatable bonds is 7. The van der Waals surface area contributed by atoms with Gasteiger partial charge in [-0.2, -0.15) is 4.31 Å². The summed E-state index contributed by atoms with van der Waals surface area (Å²) in [4.78, 5) is 10.7. The molecule has 0 amide bonds. The average molecular weight is 249 g/mol. The molecule has 16 heavy (non-hydrogen) atoms. The summed E-state index contributed by atoms with van der Waals surface area (Å²) >= 11 is 0. The first-order chi connectivity index (χ1) is 7.36. The number of hydrogen-bond donors (Lipinski definition) is 1. The molecule has 5 nitrogen and oxygen atoms in total. The second-order valence-corrected chi connectivity index (χ2v) is 6.38. The lowest BCUT2D eigenvalue weighted by Gasteiger charge is -2.25. The Morgan fingerprint density at radius 3 is 2.44 bits per heavy atom. The van der Waals surface area contributed by atoms with Gasteiger partial charge in [0.25, 0.3) is 0 Å². The topological polar surface area (TPSA) is 74.7 Å².